The van der Waals surface area contributed by atoms with Gasteiger partial charge in [-0.3, -0.25) is 0 Å². The molecule has 4 heteroatoms. The van der Waals surface area contributed by atoms with Gasteiger partial charge < -0.3 is 19.5 Å². The van der Waals surface area contributed by atoms with Crippen LogP contribution < -0.4 is 14.8 Å². The van der Waals surface area contributed by atoms with Crippen LogP contribution in [0, 0.1) is 0 Å². The lowest BCUT2D eigenvalue weighted by atomic mass is 10.1. The number of ether oxygens (including phenoxy) is 3. The fraction of sp³-hybridized carbons (Fsp3) is 0.647. The van der Waals surface area contributed by atoms with Gasteiger partial charge in [0.25, 0.3) is 0 Å². The van der Waals surface area contributed by atoms with Gasteiger partial charge in [-0.15, -0.1) is 0 Å². The number of benzene rings is 1. The Morgan fingerprint density at radius 2 is 1.71 bits per heavy atom. The van der Waals surface area contributed by atoms with Crippen molar-refractivity contribution in [2.24, 2.45) is 0 Å². The first-order valence-electron chi connectivity index (χ1n) is 7.65. The summed E-state index contributed by atoms with van der Waals surface area (Å²) in [5, 5.41) is 3.52. The van der Waals surface area contributed by atoms with Gasteiger partial charge >= 0.3 is 0 Å². The van der Waals surface area contributed by atoms with Gasteiger partial charge in [-0.1, -0.05) is 6.07 Å². The molecule has 1 rings (SSSR count). The Balaban J connectivity index is 2.36. The molecule has 0 aliphatic rings. The first-order chi connectivity index (χ1) is 10.1. The summed E-state index contributed by atoms with van der Waals surface area (Å²) in [6.45, 7) is 8.11. The van der Waals surface area contributed by atoms with Gasteiger partial charge in [0.1, 0.15) is 0 Å². The summed E-state index contributed by atoms with van der Waals surface area (Å²) in [5.74, 6) is 1.54. The van der Waals surface area contributed by atoms with Crippen LogP contribution in [0.4, 0.5) is 0 Å². The summed E-state index contributed by atoms with van der Waals surface area (Å²) < 4.78 is 16.1. The van der Waals surface area contributed by atoms with Crippen molar-refractivity contribution >= 4 is 0 Å². The van der Waals surface area contributed by atoms with Crippen molar-refractivity contribution in [3.63, 3.8) is 0 Å². The van der Waals surface area contributed by atoms with E-state index in [4.69, 9.17) is 14.2 Å². The van der Waals surface area contributed by atoms with Gasteiger partial charge in [-0.25, -0.2) is 0 Å². The van der Waals surface area contributed by atoms with E-state index in [0.29, 0.717) is 6.10 Å². The van der Waals surface area contributed by atoms with Crippen molar-refractivity contribution in [2.45, 2.75) is 45.8 Å². The lowest BCUT2D eigenvalue weighted by molar-refractivity contribution is 0.0759. The van der Waals surface area contributed by atoms with E-state index < -0.39 is 0 Å². The standard InChI is InChI=1S/C17H29NO3/c1-13(2)21-11-7-6-10-18-14(3)15-8-9-16(19-4)17(12-15)20-5/h8-9,12-14,18H,6-7,10-11H2,1-5H3. The third-order valence-corrected chi connectivity index (χ3v) is 3.38. The van der Waals surface area contributed by atoms with Crippen molar-refractivity contribution in [3.8, 4) is 11.5 Å². The second-order valence-corrected chi connectivity index (χ2v) is 5.42. The molecule has 0 saturated carbocycles. The normalized spacial score (nSPS) is 12.5. The third kappa shape index (κ3) is 6.36. The molecule has 0 saturated heterocycles. The Bertz CT molecular complexity index is 407. The number of unbranched alkanes of at least 4 members (excludes halogenated alkanes) is 1. The summed E-state index contributed by atoms with van der Waals surface area (Å²) in [5.41, 5.74) is 1.20. The maximum absolute atomic E-state index is 5.53. The lowest BCUT2D eigenvalue weighted by Gasteiger charge is -2.16. The second kappa shape index (κ2) is 9.64. The highest BCUT2D eigenvalue weighted by Gasteiger charge is 2.09. The SMILES string of the molecule is COc1ccc(C(C)NCCCCOC(C)C)cc1OC. The Morgan fingerprint density at radius 3 is 2.33 bits per heavy atom. The number of nitrogens with one attached hydrogen (secondary N) is 1. The highest BCUT2D eigenvalue weighted by atomic mass is 16.5. The molecule has 0 aliphatic carbocycles. The minimum Gasteiger partial charge on any atom is -0.493 e. The highest BCUT2D eigenvalue weighted by Crippen LogP contribution is 2.29. The molecule has 0 aliphatic heterocycles. The van der Waals surface area contributed by atoms with Gasteiger partial charge in [0, 0.05) is 12.6 Å². The predicted octanol–water partition coefficient (Wildman–Crippen LogP) is 3.56. The van der Waals surface area contributed by atoms with E-state index in [0.717, 1.165) is 37.5 Å². The fourth-order valence-electron chi connectivity index (χ4n) is 2.10. The minimum absolute atomic E-state index is 0.288. The van der Waals surface area contributed by atoms with Crippen LogP contribution in [0.15, 0.2) is 18.2 Å². The molecule has 1 N–H and O–H groups in total. The summed E-state index contributed by atoms with van der Waals surface area (Å²) in [6.07, 6.45) is 2.53. The third-order valence-electron chi connectivity index (χ3n) is 3.38. The van der Waals surface area contributed by atoms with Crippen LogP contribution in [-0.4, -0.2) is 33.5 Å². The summed E-state index contributed by atoms with van der Waals surface area (Å²) in [6, 6.07) is 6.33. The zero-order valence-corrected chi connectivity index (χ0v) is 13.9. The molecule has 0 fully saturated rings. The highest BCUT2D eigenvalue weighted by molar-refractivity contribution is 5.43. The van der Waals surface area contributed by atoms with Crippen LogP contribution in [0.25, 0.3) is 0 Å². The van der Waals surface area contributed by atoms with Crippen molar-refractivity contribution in [1.29, 1.82) is 0 Å². The molecule has 0 radical (unpaired) electrons. The topological polar surface area (TPSA) is 39.7 Å². The van der Waals surface area contributed by atoms with Crippen molar-refractivity contribution < 1.29 is 14.2 Å². The van der Waals surface area contributed by atoms with E-state index >= 15 is 0 Å². The van der Waals surface area contributed by atoms with Crippen LogP contribution >= 0.6 is 0 Å². The molecule has 0 aromatic heterocycles. The average Bonchev–Trinajstić information content (AvgIpc) is 2.49. The number of methoxy groups -OCH3 is 2. The molecule has 1 unspecified atom stereocenters. The average molecular weight is 295 g/mol. The molecule has 21 heavy (non-hydrogen) atoms. The minimum atomic E-state index is 0.288. The quantitative estimate of drug-likeness (QED) is 0.670. The van der Waals surface area contributed by atoms with Crippen molar-refractivity contribution in [1.82, 2.24) is 5.32 Å². The number of hydrogen-bond acceptors (Lipinski definition) is 4. The lowest BCUT2D eigenvalue weighted by Crippen LogP contribution is -2.20. The molecule has 0 heterocycles. The maximum Gasteiger partial charge on any atom is 0.161 e. The molecule has 0 bridgehead atoms. The molecule has 4 nitrogen and oxygen atoms in total. The Labute approximate surface area is 128 Å². The number of hydrogen-bond donors (Lipinski definition) is 1. The van der Waals surface area contributed by atoms with E-state index in [2.05, 4.69) is 32.2 Å². The zero-order valence-electron chi connectivity index (χ0n) is 13.9. The summed E-state index contributed by atoms with van der Waals surface area (Å²) in [7, 11) is 3.31. The van der Waals surface area contributed by atoms with E-state index in [1.807, 2.05) is 12.1 Å². The van der Waals surface area contributed by atoms with Gasteiger partial charge in [0.2, 0.25) is 0 Å². The van der Waals surface area contributed by atoms with Gasteiger partial charge in [0.05, 0.1) is 20.3 Å². The largest absolute Gasteiger partial charge is 0.493 e. The van der Waals surface area contributed by atoms with E-state index in [-0.39, 0.29) is 6.04 Å². The maximum atomic E-state index is 5.53. The van der Waals surface area contributed by atoms with Crippen LogP contribution in [0.1, 0.15) is 45.2 Å². The predicted molar refractivity (Wildman–Crippen MR) is 86.3 cm³/mol. The monoisotopic (exact) mass is 295 g/mol. The fourth-order valence-corrected chi connectivity index (χ4v) is 2.10. The molecule has 1 atom stereocenters. The molecule has 0 spiro atoms. The van der Waals surface area contributed by atoms with E-state index in [9.17, 15) is 0 Å². The van der Waals surface area contributed by atoms with Gasteiger partial charge in [0.15, 0.2) is 11.5 Å². The molecule has 1 aromatic rings. The molecular formula is C17H29NO3. The van der Waals surface area contributed by atoms with Gasteiger partial charge in [-0.05, 0) is 57.9 Å². The summed E-state index contributed by atoms with van der Waals surface area (Å²) in [4.78, 5) is 0. The van der Waals surface area contributed by atoms with Gasteiger partial charge in [-0.2, -0.15) is 0 Å². The Hall–Kier alpha value is -1.26. The number of rotatable bonds is 10. The smallest absolute Gasteiger partial charge is 0.161 e. The molecular weight excluding hydrogens is 266 g/mol. The van der Waals surface area contributed by atoms with Crippen LogP contribution in [0.2, 0.25) is 0 Å². The van der Waals surface area contributed by atoms with Crippen LogP contribution in [0.3, 0.4) is 0 Å². The van der Waals surface area contributed by atoms with Crippen LogP contribution in [0.5, 0.6) is 11.5 Å². The zero-order chi connectivity index (χ0) is 15.7. The second-order valence-electron chi connectivity index (χ2n) is 5.42. The van der Waals surface area contributed by atoms with Crippen LogP contribution in [-0.2, 0) is 4.74 Å². The molecule has 120 valence electrons. The van der Waals surface area contributed by atoms with Crippen molar-refractivity contribution in [2.75, 3.05) is 27.4 Å². The molecule has 1 aromatic carbocycles. The van der Waals surface area contributed by atoms with Crippen molar-refractivity contribution in [3.05, 3.63) is 23.8 Å². The molecule has 0 amide bonds. The first kappa shape index (κ1) is 17.8. The summed E-state index contributed by atoms with van der Waals surface area (Å²) >= 11 is 0. The Kier molecular flexibility index (Phi) is 8.16. The van der Waals surface area contributed by atoms with E-state index in [1.165, 1.54) is 5.56 Å². The Morgan fingerprint density at radius 1 is 1.00 bits per heavy atom. The van der Waals surface area contributed by atoms with E-state index in [1.54, 1.807) is 14.2 Å². The first-order valence-corrected chi connectivity index (χ1v) is 7.65.